The second-order valence-electron chi connectivity index (χ2n) is 4.74. The van der Waals surface area contributed by atoms with Crippen LogP contribution in [-0.4, -0.2) is 12.9 Å². The first-order chi connectivity index (χ1) is 10.1. The van der Waals surface area contributed by atoms with Gasteiger partial charge in [0.2, 0.25) is 0 Å². The van der Waals surface area contributed by atoms with Crippen molar-refractivity contribution in [3.8, 4) is 5.75 Å². The van der Waals surface area contributed by atoms with E-state index in [1.165, 1.54) is 10.5 Å². The Morgan fingerprint density at radius 1 is 1.29 bits per heavy atom. The quantitative estimate of drug-likeness (QED) is 0.480. The molecule has 0 radical (unpaired) electrons. The van der Waals surface area contributed by atoms with E-state index in [1.807, 2.05) is 18.2 Å². The van der Waals surface area contributed by atoms with Gasteiger partial charge in [-0.2, -0.15) is 0 Å². The summed E-state index contributed by atoms with van der Waals surface area (Å²) in [6.07, 6.45) is 0. The predicted octanol–water partition coefficient (Wildman–Crippen LogP) is 3.95. The fourth-order valence-electron chi connectivity index (χ4n) is 2.02. The maximum absolute atomic E-state index is 6.05. The van der Waals surface area contributed by atoms with Crippen LogP contribution in [0.1, 0.15) is 17.2 Å². The Morgan fingerprint density at radius 2 is 2.10 bits per heavy atom. The minimum Gasteiger partial charge on any atom is -0.495 e. The van der Waals surface area contributed by atoms with E-state index >= 15 is 0 Å². The van der Waals surface area contributed by atoms with Crippen molar-refractivity contribution in [2.24, 2.45) is 5.84 Å². The highest BCUT2D eigenvalue weighted by molar-refractivity contribution is 7.99. The van der Waals surface area contributed by atoms with Crippen molar-refractivity contribution >= 4 is 23.4 Å². The van der Waals surface area contributed by atoms with Gasteiger partial charge in [-0.05, 0) is 36.8 Å². The van der Waals surface area contributed by atoms with Gasteiger partial charge in [-0.3, -0.25) is 11.3 Å². The zero-order chi connectivity index (χ0) is 15.2. The summed E-state index contributed by atoms with van der Waals surface area (Å²) in [6, 6.07) is 14.2. The number of halogens is 1. The van der Waals surface area contributed by atoms with E-state index in [9.17, 15) is 0 Å². The van der Waals surface area contributed by atoms with Gasteiger partial charge in [0.15, 0.2) is 0 Å². The molecule has 0 fully saturated rings. The molecule has 0 heterocycles. The van der Waals surface area contributed by atoms with E-state index < -0.39 is 0 Å². The maximum atomic E-state index is 6.05. The topological polar surface area (TPSA) is 47.3 Å². The van der Waals surface area contributed by atoms with Crippen LogP contribution in [0.15, 0.2) is 47.4 Å². The molecule has 1 atom stereocenters. The number of benzene rings is 2. The first-order valence-corrected chi connectivity index (χ1v) is 7.99. The summed E-state index contributed by atoms with van der Waals surface area (Å²) in [5.41, 5.74) is 5.16. The highest BCUT2D eigenvalue weighted by atomic mass is 35.5. The molecular weight excluding hydrogens is 304 g/mol. The van der Waals surface area contributed by atoms with Gasteiger partial charge < -0.3 is 4.74 Å². The van der Waals surface area contributed by atoms with Crippen LogP contribution in [0.3, 0.4) is 0 Å². The van der Waals surface area contributed by atoms with Crippen molar-refractivity contribution in [1.29, 1.82) is 0 Å². The fourth-order valence-corrected chi connectivity index (χ4v) is 3.30. The van der Waals surface area contributed by atoms with Crippen LogP contribution in [0.4, 0.5) is 0 Å². The largest absolute Gasteiger partial charge is 0.495 e. The molecule has 0 spiro atoms. The Bertz CT molecular complexity index is 607. The van der Waals surface area contributed by atoms with Gasteiger partial charge in [-0.1, -0.05) is 35.4 Å². The molecule has 3 nitrogen and oxygen atoms in total. The van der Waals surface area contributed by atoms with Crippen LogP contribution in [0.2, 0.25) is 5.02 Å². The third kappa shape index (κ3) is 4.38. The summed E-state index contributed by atoms with van der Waals surface area (Å²) in [6.45, 7) is 2.09. The SMILES string of the molecule is COc1cc(C(CSc2cccc(C)c2)NN)ccc1Cl. The van der Waals surface area contributed by atoms with Crippen LogP contribution in [-0.2, 0) is 0 Å². The molecule has 2 aromatic rings. The molecule has 0 aliphatic carbocycles. The number of aryl methyl sites for hydroxylation is 1. The summed E-state index contributed by atoms with van der Waals surface area (Å²) in [4.78, 5) is 1.23. The lowest BCUT2D eigenvalue weighted by atomic mass is 10.1. The second kappa shape index (κ2) is 7.71. The molecular formula is C16H19ClN2OS. The number of thioether (sulfide) groups is 1. The van der Waals surface area contributed by atoms with Gasteiger partial charge >= 0.3 is 0 Å². The number of ether oxygens (including phenoxy) is 1. The minimum absolute atomic E-state index is 0.0293. The van der Waals surface area contributed by atoms with Gasteiger partial charge in [0.1, 0.15) is 5.75 Å². The second-order valence-corrected chi connectivity index (χ2v) is 6.24. The molecule has 0 saturated carbocycles. The molecule has 0 aliphatic rings. The fraction of sp³-hybridized carbons (Fsp3) is 0.250. The number of rotatable bonds is 6. The number of methoxy groups -OCH3 is 1. The van der Waals surface area contributed by atoms with Crippen LogP contribution < -0.4 is 16.0 Å². The van der Waals surface area contributed by atoms with E-state index in [1.54, 1.807) is 18.9 Å². The molecule has 0 amide bonds. The van der Waals surface area contributed by atoms with Crippen molar-refractivity contribution < 1.29 is 4.74 Å². The van der Waals surface area contributed by atoms with Crippen molar-refractivity contribution in [2.75, 3.05) is 12.9 Å². The van der Waals surface area contributed by atoms with Crippen LogP contribution in [0, 0.1) is 6.92 Å². The molecule has 3 N–H and O–H groups in total. The highest BCUT2D eigenvalue weighted by Crippen LogP contribution is 2.30. The van der Waals surface area contributed by atoms with Crippen molar-refractivity contribution in [3.05, 3.63) is 58.6 Å². The van der Waals surface area contributed by atoms with E-state index in [0.29, 0.717) is 10.8 Å². The molecule has 2 rings (SSSR count). The lowest BCUT2D eigenvalue weighted by Gasteiger charge is -2.17. The van der Waals surface area contributed by atoms with Gasteiger partial charge in [-0.25, -0.2) is 0 Å². The van der Waals surface area contributed by atoms with E-state index in [-0.39, 0.29) is 6.04 Å². The summed E-state index contributed by atoms with van der Waals surface area (Å²) >= 11 is 7.82. The van der Waals surface area contributed by atoms with Crippen LogP contribution >= 0.6 is 23.4 Å². The third-order valence-electron chi connectivity index (χ3n) is 3.18. The Balaban J connectivity index is 2.09. The van der Waals surface area contributed by atoms with Crippen LogP contribution in [0.25, 0.3) is 0 Å². The van der Waals surface area contributed by atoms with Crippen molar-refractivity contribution in [3.63, 3.8) is 0 Å². The predicted molar refractivity (Wildman–Crippen MR) is 90.0 cm³/mol. The van der Waals surface area contributed by atoms with Gasteiger partial charge in [0, 0.05) is 10.6 Å². The molecule has 1 unspecified atom stereocenters. The van der Waals surface area contributed by atoms with E-state index in [0.717, 1.165) is 11.3 Å². The van der Waals surface area contributed by atoms with Crippen molar-refractivity contribution in [1.82, 2.24) is 5.43 Å². The molecule has 21 heavy (non-hydrogen) atoms. The summed E-state index contributed by atoms with van der Waals surface area (Å²) in [5.74, 6) is 7.18. The monoisotopic (exact) mass is 322 g/mol. The summed E-state index contributed by atoms with van der Waals surface area (Å²) in [5, 5.41) is 0.600. The maximum Gasteiger partial charge on any atom is 0.137 e. The molecule has 0 aromatic heterocycles. The standard InChI is InChI=1S/C16H19ClN2OS/c1-11-4-3-5-13(8-11)21-10-15(19-18)12-6-7-14(17)16(9-12)20-2/h3-9,15,19H,10,18H2,1-2H3. The van der Waals surface area contributed by atoms with E-state index in [4.69, 9.17) is 22.2 Å². The number of hydrazine groups is 1. The lowest BCUT2D eigenvalue weighted by molar-refractivity contribution is 0.413. The Hall–Kier alpha value is -1.20. The lowest BCUT2D eigenvalue weighted by Crippen LogP contribution is -2.29. The first-order valence-electron chi connectivity index (χ1n) is 6.63. The van der Waals surface area contributed by atoms with Gasteiger partial charge in [-0.15, -0.1) is 11.8 Å². The Kier molecular flexibility index (Phi) is 5.94. The Morgan fingerprint density at radius 3 is 2.76 bits per heavy atom. The normalized spacial score (nSPS) is 12.2. The molecule has 0 saturated heterocycles. The molecule has 5 heteroatoms. The van der Waals surface area contributed by atoms with Crippen molar-refractivity contribution in [2.45, 2.75) is 17.9 Å². The average molecular weight is 323 g/mol. The highest BCUT2D eigenvalue weighted by Gasteiger charge is 2.12. The number of nitrogens with one attached hydrogen (secondary N) is 1. The smallest absolute Gasteiger partial charge is 0.137 e. The average Bonchev–Trinajstić information content (AvgIpc) is 2.49. The molecule has 0 aliphatic heterocycles. The molecule has 2 aromatic carbocycles. The zero-order valence-electron chi connectivity index (χ0n) is 12.1. The van der Waals surface area contributed by atoms with Gasteiger partial charge in [0.25, 0.3) is 0 Å². The summed E-state index contributed by atoms with van der Waals surface area (Å²) < 4.78 is 5.25. The Labute approximate surface area is 134 Å². The number of hydrogen-bond acceptors (Lipinski definition) is 4. The number of hydrogen-bond donors (Lipinski definition) is 2. The molecule has 0 bridgehead atoms. The minimum atomic E-state index is 0.0293. The van der Waals surface area contributed by atoms with Gasteiger partial charge in [0.05, 0.1) is 18.2 Å². The number of nitrogens with two attached hydrogens (primary N) is 1. The third-order valence-corrected chi connectivity index (χ3v) is 4.58. The zero-order valence-corrected chi connectivity index (χ0v) is 13.7. The first kappa shape index (κ1) is 16.2. The van der Waals surface area contributed by atoms with E-state index in [2.05, 4.69) is 36.6 Å². The van der Waals surface area contributed by atoms with Crippen LogP contribution in [0.5, 0.6) is 5.75 Å². The summed E-state index contributed by atoms with van der Waals surface area (Å²) in [7, 11) is 1.61. The molecule has 112 valence electrons.